The van der Waals surface area contributed by atoms with Gasteiger partial charge in [-0.1, -0.05) is 0 Å². The lowest BCUT2D eigenvalue weighted by atomic mass is 10.0. The van der Waals surface area contributed by atoms with Crippen LogP contribution in [0.5, 0.6) is 0 Å². The second kappa shape index (κ2) is 3.59. The molecule has 14 heavy (non-hydrogen) atoms. The topological polar surface area (TPSA) is 57.6 Å². The Hall–Kier alpha value is -1.06. The molecule has 0 bridgehead atoms. The molecule has 0 spiro atoms. The molecule has 1 rings (SSSR count). The summed E-state index contributed by atoms with van der Waals surface area (Å²) in [6, 6.07) is -0.125. The van der Waals surface area contributed by atoms with Crippen LogP contribution in [0, 0.1) is 0 Å². The van der Waals surface area contributed by atoms with Crippen molar-refractivity contribution in [2.75, 3.05) is 0 Å². The van der Waals surface area contributed by atoms with Crippen LogP contribution in [0.1, 0.15) is 40.0 Å². The van der Waals surface area contributed by atoms with Crippen LogP contribution in [-0.4, -0.2) is 33.5 Å². The summed E-state index contributed by atoms with van der Waals surface area (Å²) in [5.41, 5.74) is -0.429. The van der Waals surface area contributed by atoms with Crippen molar-refractivity contribution in [3.63, 3.8) is 0 Å². The molecule has 1 amide bonds. The zero-order chi connectivity index (χ0) is 10.9. The molecule has 1 fully saturated rings. The normalized spacial score (nSPS) is 22.5. The van der Waals surface area contributed by atoms with Gasteiger partial charge in [-0.05, 0) is 27.2 Å². The molecule has 80 valence electrons. The van der Waals surface area contributed by atoms with E-state index in [-0.39, 0.29) is 11.8 Å². The molecule has 0 aliphatic heterocycles. The molecular formula is C10H17NO3. The minimum atomic E-state index is -0.933. The molecule has 0 saturated heterocycles. The summed E-state index contributed by atoms with van der Waals surface area (Å²) < 4.78 is 0. The maximum absolute atomic E-state index is 11.1. The minimum Gasteiger partial charge on any atom is -0.465 e. The highest BCUT2D eigenvalue weighted by Crippen LogP contribution is 2.27. The molecule has 0 unspecified atom stereocenters. The van der Waals surface area contributed by atoms with Gasteiger partial charge in [0.05, 0.1) is 0 Å². The molecule has 1 aliphatic carbocycles. The van der Waals surface area contributed by atoms with Gasteiger partial charge in [0.1, 0.15) is 5.78 Å². The summed E-state index contributed by atoms with van der Waals surface area (Å²) in [4.78, 5) is 23.5. The van der Waals surface area contributed by atoms with Crippen molar-refractivity contribution in [1.29, 1.82) is 0 Å². The fraction of sp³-hybridized carbons (Fsp3) is 0.800. The maximum Gasteiger partial charge on any atom is 0.407 e. The third kappa shape index (κ3) is 2.25. The SMILES string of the molecule is CC(C)(C)N(C(=O)O)[C@@H]1CCC(=O)C1. The van der Waals surface area contributed by atoms with Crippen LogP contribution in [0.25, 0.3) is 0 Å². The quantitative estimate of drug-likeness (QED) is 0.701. The van der Waals surface area contributed by atoms with E-state index in [0.717, 1.165) is 0 Å². The molecule has 0 aromatic heterocycles. The van der Waals surface area contributed by atoms with Gasteiger partial charge in [0.2, 0.25) is 0 Å². The number of nitrogens with zero attached hydrogens (tertiary/aromatic N) is 1. The summed E-state index contributed by atoms with van der Waals surface area (Å²) in [5.74, 6) is 0.172. The first-order valence-corrected chi connectivity index (χ1v) is 4.86. The molecule has 4 heteroatoms. The zero-order valence-electron chi connectivity index (χ0n) is 8.91. The summed E-state index contributed by atoms with van der Waals surface area (Å²) in [6.07, 6.45) is 0.633. The first kappa shape index (κ1) is 11.0. The Morgan fingerprint density at radius 2 is 2.07 bits per heavy atom. The lowest BCUT2D eigenvalue weighted by Crippen LogP contribution is -2.50. The number of Topliss-reactive ketones (excluding diaryl/α,β-unsaturated/α-hetero) is 1. The summed E-state index contributed by atoms with van der Waals surface area (Å²) in [6.45, 7) is 5.55. The van der Waals surface area contributed by atoms with Crippen molar-refractivity contribution in [1.82, 2.24) is 4.90 Å². The maximum atomic E-state index is 11.1. The van der Waals surface area contributed by atoms with Gasteiger partial charge in [-0.25, -0.2) is 4.79 Å². The molecule has 1 N–H and O–H groups in total. The van der Waals surface area contributed by atoms with Crippen LogP contribution in [0.4, 0.5) is 4.79 Å². The fourth-order valence-electron chi connectivity index (χ4n) is 2.01. The third-order valence-electron chi connectivity index (χ3n) is 2.51. The van der Waals surface area contributed by atoms with E-state index in [9.17, 15) is 9.59 Å². The molecule has 1 atom stereocenters. The van der Waals surface area contributed by atoms with Gasteiger partial charge in [-0.3, -0.25) is 4.79 Å². The van der Waals surface area contributed by atoms with E-state index >= 15 is 0 Å². The third-order valence-corrected chi connectivity index (χ3v) is 2.51. The number of carboxylic acid groups (broad SMARTS) is 1. The fourth-order valence-corrected chi connectivity index (χ4v) is 2.01. The Morgan fingerprint density at radius 3 is 2.36 bits per heavy atom. The van der Waals surface area contributed by atoms with Gasteiger partial charge in [-0.2, -0.15) is 0 Å². The lowest BCUT2D eigenvalue weighted by Gasteiger charge is -2.37. The average molecular weight is 199 g/mol. The second-order valence-corrected chi connectivity index (χ2v) is 4.76. The van der Waals surface area contributed by atoms with Crippen LogP contribution in [0.2, 0.25) is 0 Å². The van der Waals surface area contributed by atoms with Crippen molar-refractivity contribution in [3.05, 3.63) is 0 Å². The zero-order valence-corrected chi connectivity index (χ0v) is 8.91. The number of carbonyl (C=O) groups is 2. The smallest absolute Gasteiger partial charge is 0.407 e. The average Bonchev–Trinajstić information content (AvgIpc) is 2.31. The largest absolute Gasteiger partial charge is 0.465 e. The van der Waals surface area contributed by atoms with Gasteiger partial charge < -0.3 is 10.0 Å². The van der Waals surface area contributed by atoms with E-state index < -0.39 is 11.6 Å². The predicted octanol–water partition coefficient (Wildman–Crippen LogP) is 1.89. The number of ketones is 1. The summed E-state index contributed by atoms with van der Waals surface area (Å²) >= 11 is 0. The van der Waals surface area contributed by atoms with E-state index in [1.54, 1.807) is 0 Å². The molecule has 4 nitrogen and oxygen atoms in total. The Balaban J connectivity index is 2.79. The highest BCUT2D eigenvalue weighted by atomic mass is 16.4. The molecule has 0 aromatic carbocycles. The van der Waals surface area contributed by atoms with Gasteiger partial charge in [0.25, 0.3) is 0 Å². The van der Waals surface area contributed by atoms with Gasteiger partial charge in [0, 0.05) is 24.4 Å². The Kier molecular flexibility index (Phi) is 2.83. The Bertz CT molecular complexity index is 255. The molecular weight excluding hydrogens is 182 g/mol. The van der Waals surface area contributed by atoms with E-state index in [1.807, 2.05) is 20.8 Å². The number of amides is 1. The van der Waals surface area contributed by atoms with Gasteiger partial charge in [0.15, 0.2) is 0 Å². The predicted molar refractivity (Wildman–Crippen MR) is 52.3 cm³/mol. The van der Waals surface area contributed by atoms with Crippen molar-refractivity contribution in [2.24, 2.45) is 0 Å². The van der Waals surface area contributed by atoms with E-state index in [0.29, 0.717) is 19.3 Å². The number of rotatable bonds is 1. The van der Waals surface area contributed by atoms with Crippen LogP contribution < -0.4 is 0 Å². The van der Waals surface area contributed by atoms with Crippen molar-refractivity contribution >= 4 is 11.9 Å². The van der Waals surface area contributed by atoms with Crippen molar-refractivity contribution in [2.45, 2.75) is 51.6 Å². The van der Waals surface area contributed by atoms with Crippen LogP contribution in [0.15, 0.2) is 0 Å². The van der Waals surface area contributed by atoms with E-state index in [1.165, 1.54) is 4.90 Å². The summed E-state index contributed by atoms with van der Waals surface area (Å²) in [7, 11) is 0. The first-order valence-electron chi connectivity index (χ1n) is 4.86. The van der Waals surface area contributed by atoms with Gasteiger partial charge >= 0.3 is 6.09 Å². The highest BCUT2D eigenvalue weighted by Gasteiger charge is 2.37. The van der Waals surface area contributed by atoms with Gasteiger partial charge in [-0.15, -0.1) is 0 Å². The Labute approximate surface area is 83.9 Å². The molecule has 0 radical (unpaired) electrons. The van der Waals surface area contributed by atoms with Crippen LogP contribution in [0.3, 0.4) is 0 Å². The monoisotopic (exact) mass is 199 g/mol. The molecule has 1 saturated carbocycles. The molecule has 0 heterocycles. The standard InChI is InChI=1S/C10H17NO3/c1-10(2,3)11(9(13)14)7-4-5-8(12)6-7/h7H,4-6H2,1-3H3,(H,13,14)/t7-/m1/s1. The van der Waals surface area contributed by atoms with E-state index in [2.05, 4.69) is 0 Å². The molecule has 0 aromatic rings. The van der Waals surface area contributed by atoms with Crippen molar-refractivity contribution in [3.8, 4) is 0 Å². The van der Waals surface area contributed by atoms with Crippen LogP contribution in [-0.2, 0) is 4.79 Å². The van der Waals surface area contributed by atoms with Crippen LogP contribution >= 0.6 is 0 Å². The Morgan fingerprint density at radius 1 is 1.50 bits per heavy atom. The van der Waals surface area contributed by atoms with Crippen molar-refractivity contribution < 1.29 is 14.7 Å². The summed E-state index contributed by atoms with van der Waals surface area (Å²) in [5, 5.41) is 9.07. The lowest BCUT2D eigenvalue weighted by molar-refractivity contribution is -0.117. The van der Waals surface area contributed by atoms with E-state index in [4.69, 9.17) is 5.11 Å². The number of hydrogen-bond acceptors (Lipinski definition) is 2. The molecule has 1 aliphatic rings. The highest BCUT2D eigenvalue weighted by molar-refractivity contribution is 5.82. The number of carbonyl (C=O) groups excluding carboxylic acids is 1. The first-order chi connectivity index (χ1) is 6.32. The minimum absolute atomic E-state index is 0.125. The second-order valence-electron chi connectivity index (χ2n) is 4.76. The number of hydrogen-bond donors (Lipinski definition) is 1.